The van der Waals surface area contributed by atoms with Gasteiger partial charge < -0.3 is 0 Å². The molecule has 0 saturated carbocycles. The molecule has 0 fully saturated rings. The first-order chi connectivity index (χ1) is 7.84. The van der Waals surface area contributed by atoms with Crippen molar-refractivity contribution in [1.82, 2.24) is 0 Å². The van der Waals surface area contributed by atoms with Crippen LogP contribution >= 0.6 is 27.7 Å². The van der Waals surface area contributed by atoms with Gasteiger partial charge in [0.15, 0.2) is 11.6 Å². The quantitative estimate of drug-likeness (QED) is 0.548. The van der Waals surface area contributed by atoms with E-state index in [1.165, 1.54) is 12.1 Å². The van der Waals surface area contributed by atoms with Crippen LogP contribution in [0.4, 0.5) is 8.78 Å². The molecule has 1 aromatic carbocycles. The zero-order valence-corrected chi connectivity index (χ0v) is 12.7. The zero-order chi connectivity index (χ0) is 13.1. The molecule has 0 bridgehead atoms. The van der Waals surface area contributed by atoms with Crippen LogP contribution in [0, 0.1) is 23.0 Å². The lowest BCUT2D eigenvalue weighted by atomic mass is 9.83. The Labute approximate surface area is 114 Å². The van der Waals surface area contributed by atoms with Crippen LogP contribution in [0.2, 0.25) is 0 Å². The summed E-state index contributed by atoms with van der Waals surface area (Å²) in [6.07, 6.45) is 0. The molecule has 17 heavy (non-hydrogen) atoms. The van der Waals surface area contributed by atoms with Crippen LogP contribution < -0.4 is 0 Å². The molecule has 0 aliphatic rings. The molecular weight excluding hydrogens is 306 g/mol. The summed E-state index contributed by atoms with van der Waals surface area (Å²) in [6.45, 7) is 6.56. The van der Waals surface area contributed by atoms with E-state index in [1.807, 2.05) is 0 Å². The largest absolute Gasteiger partial charge is 0.204 e. The molecular formula is C13H17BrF2S. The van der Waals surface area contributed by atoms with E-state index in [-0.39, 0.29) is 5.41 Å². The van der Waals surface area contributed by atoms with Gasteiger partial charge in [0, 0.05) is 16.0 Å². The highest BCUT2D eigenvalue weighted by molar-refractivity contribution is 9.09. The molecule has 1 unspecified atom stereocenters. The highest BCUT2D eigenvalue weighted by Crippen LogP contribution is 2.33. The lowest BCUT2D eigenvalue weighted by Gasteiger charge is -2.28. The summed E-state index contributed by atoms with van der Waals surface area (Å²) in [5.41, 5.74) is 0.203. The fraction of sp³-hybridized carbons (Fsp3) is 0.538. The molecule has 1 atom stereocenters. The molecule has 0 heterocycles. The fourth-order valence-electron chi connectivity index (χ4n) is 1.29. The smallest absolute Gasteiger partial charge is 0.159 e. The minimum Gasteiger partial charge on any atom is -0.204 e. The van der Waals surface area contributed by atoms with Gasteiger partial charge in [-0.1, -0.05) is 36.7 Å². The molecule has 0 nitrogen and oxygen atoms in total. The maximum Gasteiger partial charge on any atom is 0.159 e. The van der Waals surface area contributed by atoms with Gasteiger partial charge in [-0.05, 0) is 29.5 Å². The Bertz CT molecular complexity index is 374. The van der Waals surface area contributed by atoms with Crippen LogP contribution in [0.15, 0.2) is 23.1 Å². The molecule has 96 valence electrons. The van der Waals surface area contributed by atoms with Crippen LogP contribution in [-0.2, 0) is 0 Å². The molecule has 0 radical (unpaired) electrons. The van der Waals surface area contributed by atoms with Crippen molar-refractivity contribution in [3.63, 3.8) is 0 Å². The topological polar surface area (TPSA) is 0 Å². The Morgan fingerprint density at radius 2 is 1.88 bits per heavy atom. The first-order valence-corrected chi connectivity index (χ1v) is 7.59. The van der Waals surface area contributed by atoms with E-state index < -0.39 is 11.6 Å². The maximum absolute atomic E-state index is 13.0. The fourth-order valence-corrected chi connectivity index (χ4v) is 4.16. The Balaban J connectivity index is 2.63. The number of halogens is 3. The van der Waals surface area contributed by atoms with Crippen molar-refractivity contribution in [2.45, 2.75) is 25.7 Å². The van der Waals surface area contributed by atoms with Crippen LogP contribution in [0.25, 0.3) is 0 Å². The van der Waals surface area contributed by atoms with Gasteiger partial charge >= 0.3 is 0 Å². The first-order valence-electron chi connectivity index (χ1n) is 5.48. The Morgan fingerprint density at radius 1 is 1.24 bits per heavy atom. The van der Waals surface area contributed by atoms with E-state index in [1.54, 1.807) is 17.8 Å². The highest BCUT2D eigenvalue weighted by Gasteiger charge is 2.23. The van der Waals surface area contributed by atoms with E-state index in [9.17, 15) is 8.78 Å². The minimum absolute atomic E-state index is 0.203. The second-order valence-corrected chi connectivity index (χ2v) is 6.85. The van der Waals surface area contributed by atoms with Crippen molar-refractivity contribution in [3.8, 4) is 0 Å². The molecule has 0 spiro atoms. The number of benzene rings is 1. The van der Waals surface area contributed by atoms with Crippen molar-refractivity contribution < 1.29 is 8.78 Å². The SMILES string of the molecule is CC(C)(C)C(CBr)CSc1ccc(F)c(F)c1. The minimum atomic E-state index is -0.790. The predicted molar refractivity (Wildman–Crippen MR) is 73.8 cm³/mol. The van der Waals surface area contributed by atoms with Crippen molar-refractivity contribution >= 4 is 27.7 Å². The number of hydrogen-bond donors (Lipinski definition) is 0. The van der Waals surface area contributed by atoms with Crippen LogP contribution in [0.5, 0.6) is 0 Å². The van der Waals surface area contributed by atoms with Crippen LogP contribution in [0.1, 0.15) is 20.8 Å². The van der Waals surface area contributed by atoms with E-state index >= 15 is 0 Å². The van der Waals surface area contributed by atoms with E-state index in [4.69, 9.17) is 0 Å². The van der Waals surface area contributed by atoms with Gasteiger partial charge in [0.2, 0.25) is 0 Å². The summed E-state index contributed by atoms with van der Waals surface area (Å²) >= 11 is 5.07. The second-order valence-electron chi connectivity index (χ2n) is 5.10. The molecule has 4 heteroatoms. The molecule has 1 aromatic rings. The predicted octanol–water partition coefficient (Wildman–Crippen LogP) is 5.11. The Morgan fingerprint density at radius 3 is 2.35 bits per heavy atom. The molecule has 1 rings (SSSR count). The third kappa shape index (κ3) is 4.59. The summed E-state index contributed by atoms with van der Waals surface area (Å²) in [6, 6.07) is 4.06. The molecule has 0 aliphatic carbocycles. The molecule has 0 aromatic heterocycles. The third-order valence-corrected chi connectivity index (χ3v) is 4.69. The molecule has 0 saturated heterocycles. The molecule has 0 amide bonds. The van der Waals surface area contributed by atoms with Crippen molar-refractivity contribution in [2.75, 3.05) is 11.1 Å². The summed E-state index contributed by atoms with van der Waals surface area (Å²) in [7, 11) is 0. The summed E-state index contributed by atoms with van der Waals surface area (Å²) in [5.74, 6) is -0.191. The first kappa shape index (κ1) is 15.0. The van der Waals surface area contributed by atoms with Gasteiger partial charge in [-0.3, -0.25) is 0 Å². The second kappa shape index (κ2) is 6.19. The standard InChI is InChI=1S/C13H17BrF2S/c1-13(2,3)9(7-14)8-17-10-4-5-11(15)12(16)6-10/h4-6,9H,7-8H2,1-3H3. The molecule has 0 N–H and O–H groups in total. The molecule has 0 aliphatic heterocycles. The number of alkyl halides is 1. The van der Waals surface area contributed by atoms with Crippen LogP contribution in [-0.4, -0.2) is 11.1 Å². The van der Waals surface area contributed by atoms with Crippen LogP contribution in [0.3, 0.4) is 0 Å². The average Bonchev–Trinajstić information content (AvgIpc) is 2.22. The van der Waals surface area contributed by atoms with Gasteiger partial charge in [-0.2, -0.15) is 0 Å². The zero-order valence-electron chi connectivity index (χ0n) is 10.3. The Kier molecular flexibility index (Phi) is 5.45. The monoisotopic (exact) mass is 322 g/mol. The van der Waals surface area contributed by atoms with Gasteiger partial charge in [0.1, 0.15) is 0 Å². The number of hydrogen-bond acceptors (Lipinski definition) is 1. The van der Waals surface area contributed by atoms with Crippen molar-refractivity contribution in [2.24, 2.45) is 11.3 Å². The Hall–Kier alpha value is -0.0900. The van der Waals surface area contributed by atoms with Crippen molar-refractivity contribution in [1.29, 1.82) is 0 Å². The van der Waals surface area contributed by atoms with E-state index in [0.717, 1.165) is 16.0 Å². The highest BCUT2D eigenvalue weighted by atomic mass is 79.9. The normalized spacial score (nSPS) is 13.8. The van der Waals surface area contributed by atoms with E-state index in [2.05, 4.69) is 36.7 Å². The van der Waals surface area contributed by atoms with Gasteiger partial charge in [-0.15, -0.1) is 11.8 Å². The maximum atomic E-state index is 13.0. The summed E-state index contributed by atoms with van der Waals surface area (Å²) < 4.78 is 25.8. The number of thioether (sulfide) groups is 1. The number of rotatable bonds is 4. The summed E-state index contributed by atoms with van der Waals surface area (Å²) in [5, 5.41) is 0.910. The lowest BCUT2D eigenvalue weighted by molar-refractivity contribution is 0.295. The van der Waals surface area contributed by atoms with Gasteiger partial charge in [-0.25, -0.2) is 8.78 Å². The third-order valence-electron chi connectivity index (χ3n) is 2.75. The summed E-state index contributed by atoms with van der Waals surface area (Å²) in [4.78, 5) is 0.777. The van der Waals surface area contributed by atoms with E-state index in [0.29, 0.717) is 5.92 Å². The lowest BCUT2D eigenvalue weighted by Crippen LogP contribution is -2.23. The van der Waals surface area contributed by atoms with Gasteiger partial charge in [0.05, 0.1) is 0 Å². The van der Waals surface area contributed by atoms with Gasteiger partial charge in [0.25, 0.3) is 0 Å². The van der Waals surface area contributed by atoms with Crippen molar-refractivity contribution in [3.05, 3.63) is 29.8 Å². The average molecular weight is 323 g/mol.